The van der Waals surface area contributed by atoms with E-state index in [9.17, 15) is 26.1 Å². The first kappa shape index (κ1) is 20.0. The van der Waals surface area contributed by atoms with E-state index in [0.717, 1.165) is 19.3 Å². The zero-order valence-corrected chi connectivity index (χ0v) is 12.9. The predicted molar refractivity (Wildman–Crippen MR) is 52.9 cm³/mol. The first-order valence-corrected chi connectivity index (χ1v) is 6.68. The van der Waals surface area contributed by atoms with Crippen molar-refractivity contribution in [2.45, 2.75) is 56.9 Å². The molecule has 3 nitrogen and oxygen atoms in total. The molecule has 0 bridgehead atoms. The van der Waals surface area contributed by atoms with E-state index in [0.29, 0.717) is 6.42 Å². The van der Waals surface area contributed by atoms with Crippen LogP contribution in [0.5, 0.6) is 0 Å². The van der Waals surface area contributed by atoms with Gasteiger partial charge in [0.2, 0.25) is 0 Å². The van der Waals surface area contributed by atoms with Crippen molar-refractivity contribution in [1.29, 1.82) is 0 Å². The smallest absolute Gasteiger partial charge is 0.747 e. The molecule has 0 N–H and O–H groups in total. The summed E-state index contributed by atoms with van der Waals surface area (Å²) in [5, 5.41) is -2.75. The number of hydrogen-bond acceptors (Lipinski definition) is 3. The van der Waals surface area contributed by atoms with Crippen molar-refractivity contribution in [3.63, 3.8) is 0 Å². The van der Waals surface area contributed by atoms with Crippen LogP contribution in [0.15, 0.2) is 0 Å². The summed E-state index contributed by atoms with van der Waals surface area (Å²) in [6.07, 6.45) is -2.32. The SMILES string of the molecule is CCCCCCCC(C(F)(F)F)S(=O)(=O)[O-].[Na+]. The van der Waals surface area contributed by atoms with Crippen LogP contribution in [0.25, 0.3) is 0 Å². The van der Waals surface area contributed by atoms with Crippen LogP contribution in [0.2, 0.25) is 0 Å². The molecule has 8 heteroatoms. The van der Waals surface area contributed by atoms with Crippen LogP contribution in [-0.2, 0) is 10.1 Å². The third-order valence-electron chi connectivity index (χ3n) is 2.28. The van der Waals surface area contributed by atoms with Crippen LogP contribution in [0.4, 0.5) is 13.2 Å². The van der Waals surface area contributed by atoms with Crippen molar-refractivity contribution in [2.75, 3.05) is 0 Å². The average Bonchev–Trinajstić information content (AvgIpc) is 2.06. The number of hydrogen-bond donors (Lipinski definition) is 0. The standard InChI is InChI=1S/C9H17F3O3S.Na/c1-2-3-4-5-6-7-8(9(10,11)12)16(13,14)15;/h8H,2-7H2,1H3,(H,13,14,15);/q;+1/p-1. The molecule has 0 aromatic rings. The van der Waals surface area contributed by atoms with E-state index in [2.05, 4.69) is 0 Å². The van der Waals surface area contributed by atoms with Crippen molar-refractivity contribution in [3.05, 3.63) is 0 Å². The third-order valence-corrected chi connectivity index (χ3v) is 3.48. The summed E-state index contributed by atoms with van der Waals surface area (Å²) in [6.45, 7) is 1.96. The number of unbranched alkanes of at least 4 members (excludes halogenated alkanes) is 4. The zero-order valence-electron chi connectivity index (χ0n) is 10.1. The van der Waals surface area contributed by atoms with Crippen molar-refractivity contribution in [1.82, 2.24) is 0 Å². The molecule has 0 heterocycles. The van der Waals surface area contributed by atoms with Gasteiger partial charge in [-0.3, -0.25) is 0 Å². The zero-order chi connectivity index (χ0) is 12.8. The minimum Gasteiger partial charge on any atom is -0.747 e. The second-order valence-corrected chi connectivity index (χ2v) is 5.28. The molecule has 0 aliphatic heterocycles. The van der Waals surface area contributed by atoms with Crippen LogP contribution in [0, 0.1) is 0 Å². The quantitative estimate of drug-likeness (QED) is 0.370. The molecule has 0 rings (SSSR count). The van der Waals surface area contributed by atoms with E-state index in [4.69, 9.17) is 0 Å². The fourth-order valence-electron chi connectivity index (χ4n) is 1.40. The Morgan fingerprint density at radius 3 is 1.94 bits per heavy atom. The molecular weight excluding hydrogens is 268 g/mol. The van der Waals surface area contributed by atoms with E-state index in [1.165, 1.54) is 0 Å². The summed E-state index contributed by atoms with van der Waals surface area (Å²) >= 11 is 0. The predicted octanol–water partition coefficient (Wildman–Crippen LogP) is -0.173. The number of alkyl halides is 3. The molecule has 1 unspecified atom stereocenters. The Balaban J connectivity index is 0. The maximum atomic E-state index is 12.2. The van der Waals surface area contributed by atoms with Gasteiger partial charge in [0.1, 0.15) is 15.4 Å². The summed E-state index contributed by atoms with van der Waals surface area (Å²) in [5.41, 5.74) is 0. The molecule has 0 aliphatic carbocycles. The third kappa shape index (κ3) is 9.30. The van der Waals surface area contributed by atoms with Gasteiger partial charge in [-0.2, -0.15) is 13.2 Å². The van der Waals surface area contributed by atoms with Crippen molar-refractivity contribution >= 4 is 10.1 Å². The fraction of sp³-hybridized carbons (Fsp3) is 1.00. The van der Waals surface area contributed by atoms with Crippen LogP contribution in [-0.4, -0.2) is 24.4 Å². The van der Waals surface area contributed by atoms with E-state index < -0.39 is 28.0 Å². The number of rotatable bonds is 7. The monoisotopic (exact) mass is 284 g/mol. The van der Waals surface area contributed by atoms with Gasteiger partial charge in [-0.15, -0.1) is 0 Å². The van der Waals surface area contributed by atoms with Crippen LogP contribution >= 0.6 is 0 Å². The molecule has 0 saturated heterocycles. The van der Waals surface area contributed by atoms with Gasteiger partial charge in [0.05, 0.1) is 0 Å². The van der Waals surface area contributed by atoms with Crippen LogP contribution in [0.3, 0.4) is 0 Å². The Kier molecular flexibility index (Phi) is 10.3. The van der Waals surface area contributed by atoms with Crippen molar-refractivity contribution in [3.8, 4) is 0 Å². The van der Waals surface area contributed by atoms with E-state index in [1.54, 1.807) is 0 Å². The molecule has 17 heavy (non-hydrogen) atoms. The van der Waals surface area contributed by atoms with Crippen molar-refractivity contribution in [2.24, 2.45) is 0 Å². The van der Waals surface area contributed by atoms with Gasteiger partial charge in [0.15, 0.2) is 0 Å². The van der Waals surface area contributed by atoms with Crippen LogP contribution < -0.4 is 29.6 Å². The number of halogens is 3. The van der Waals surface area contributed by atoms with Gasteiger partial charge in [-0.05, 0) is 6.42 Å². The van der Waals surface area contributed by atoms with E-state index in [-0.39, 0.29) is 36.0 Å². The Labute approximate surface area is 122 Å². The second-order valence-electron chi connectivity index (χ2n) is 3.73. The van der Waals surface area contributed by atoms with Crippen LogP contribution in [0.1, 0.15) is 45.4 Å². The molecular formula is C9H16F3NaO3S. The van der Waals surface area contributed by atoms with Gasteiger partial charge in [-0.1, -0.05) is 39.0 Å². The van der Waals surface area contributed by atoms with Gasteiger partial charge in [-0.25, -0.2) is 8.42 Å². The summed E-state index contributed by atoms with van der Waals surface area (Å²) in [6, 6.07) is 0. The van der Waals surface area contributed by atoms with E-state index in [1.807, 2.05) is 6.92 Å². The average molecular weight is 284 g/mol. The van der Waals surface area contributed by atoms with Gasteiger partial charge in [0.25, 0.3) is 0 Å². The molecule has 0 spiro atoms. The first-order valence-electron chi connectivity index (χ1n) is 5.21. The normalized spacial score (nSPS) is 14.2. The summed E-state index contributed by atoms with van der Waals surface area (Å²) < 4.78 is 67.9. The van der Waals surface area contributed by atoms with Gasteiger partial charge >= 0.3 is 35.7 Å². The maximum absolute atomic E-state index is 12.2. The van der Waals surface area contributed by atoms with Gasteiger partial charge < -0.3 is 4.55 Å². The fourth-order valence-corrected chi connectivity index (χ4v) is 2.19. The molecule has 0 amide bonds. The second kappa shape index (κ2) is 8.74. The topological polar surface area (TPSA) is 57.2 Å². The molecule has 1 atom stereocenters. The Morgan fingerprint density at radius 2 is 1.59 bits per heavy atom. The Morgan fingerprint density at radius 1 is 1.12 bits per heavy atom. The van der Waals surface area contributed by atoms with Crippen molar-refractivity contribution < 1.29 is 55.7 Å². The molecule has 0 radical (unpaired) electrons. The Bertz CT molecular complexity index is 290. The molecule has 98 valence electrons. The van der Waals surface area contributed by atoms with Gasteiger partial charge in [0, 0.05) is 0 Å². The Hall–Kier alpha value is 0.700. The molecule has 0 fully saturated rings. The summed E-state index contributed by atoms with van der Waals surface area (Å²) in [7, 11) is -5.29. The summed E-state index contributed by atoms with van der Waals surface area (Å²) in [5.74, 6) is 0. The molecule has 0 aromatic carbocycles. The van der Waals surface area contributed by atoms with E-state index >= 15 is 0 Å². The minimum absolute atomic E-state index is 0. The molecule has 0 aliphatic rings. The largest absolute Gasteiger partial charge is 1.00 e. The first-order chi connectivity index (χ1) is 7.19. The minimum atomic E-state index is -5.29. The maximum Gasteiger partial charge on any atom is 1.00 e. The molecule has 0 saturated carbocycles. The molecule has 0 aromatic heterocycles. The summed E-state index contributed by atoms with van der Waals surface area (Å²) in [4.78, 5) is 0.